The molecule has 1 N–H and O–H groups in total. The minimum absolute atomic E-state index is 0.0768. The van der Waals surface area contributed by atoms with E-state index >= 15 is 0 Å². The third-order valence-electron chi connectivity index (χ3n) is 4.05. The van der Waals surface area contributed by atoms with Gasteiger partial charge in [-0.05, 0) is 44.4 Å². The number of hydrogen-bond acceptors (Lipinski definition) is 4. The number of rotatable bonds is 4. The van der Waals surface area contributed by atoms with Gasteiger partial charge in [0.2, 0.25) is 0 Å². The number of hydrogen-bond donors (Lipinski definition) is 1. The van der Waals surface area contributed by atoms with E-state index in [4.69, 9.17) is 4.52 Å². The van der Waals surface area contributed by atoms with Crippen molar-refractivity contribution in [2.75, 3.05) is 18.0 Å². The van der Waals surface area contributed by atoms with E-state index in [2.05, 4.69) is 27.5 Å². The molecular formula is C17H21N3O2. The molecule has 1 aliphatic rings. The minimum atomic E-state index is -0.212. The summed E-state index contributed by atoms with van der Waals surface area (Å²) >= 11 is 0. The van der Waals surface area contributed by atoms with Crippen molar-refractivity contribution in [2.45, 2.75) is 32.7 Å². The number of aryl methyl sites for hydroxylation is 1. The van der Waals surface area contributed by atoms with Crippen LogP contribution < -0.4 is 10.2 Å². The third kappa shape index (κ3) is 3.13. The van der Waals surface area contributed by atoms with Crippen molar-refractivity contribution in [1.82, 2.24) is 10.5 Å². The van der Waals surface area contributed by atoms with Crippen molar-refractivity contribution in [1.29, 1.82) is 0 Å². The van der Waals surface area contributed by atoms with Crippen molar-refractivity contribution in [2.24, 2.45) is 0 Å². The molecule has 1 fully saturated rings. The molecule has 3 rings (SSSR count). The SMILES string of the molecule is Cc1cc(C(=O)N[C@H](C)c2cccc(N3CCCC3)c2)no1. The van der Waals surface area contributed by atoms with Crippen LogP contribution in [0.25, 0.3) is 0 Å². The first kappa shape index (κ1) is 14.6. The van der Waals surface area contributed by atoms with Gasteiger partial charge in [-0.2, -0.15) is 0 Å². The number of aromatic nitrogens is 1. The van der Waals surface area contributed by atoms with Crippen LogP contribution in [0.15, 0.2) is 34.9 Å². The van der Waals surface area contributed by atoms with Gasteiger partial charge in [0, 0.05) is 24.8 Å². The first-order chi connectivity index (χ1) is 10.6. The average molecular weight is 299 g/mol. The van der Waals surface area contributed by atoms with Gasteiger partial charge >= 0.3 is 0 Å². The minimum Gasteiger partial charge on any atom is -0.372 e. The van der Waals surface area contributed by atoms with Gasteiger partial charge in [0.05, 0.1) is 6.04 Å². The van der Waals surface area contributed by atoms with E-state index in [-0.39, 0.29) is 11.9 Å². The fourth-order valence-corrected chi connectivity index (χ4v) is 2.79. The molecule has 2 heterocycles. The molecule has 116 valence electrons. The Hall–Kier alpha value is -2.30. The van der Waals surface area contributed by atoms with Crippen molar-refractivity contribution >= 4 is 11.6 Å². The Labute approximate surface area is 130 Å². The summed E-state index contributed by atoms with van der Waals surface area (Å²) in [7, 11) is 0. The summed E-state index contributed by atoms with van der Waals surface area (Å²) in [5, 5.41) is 6.71. The van der Waals surface area contributed by atoms with E-state index in [1.165, 1.54) is 18.5 Å². The number of carbonyl (C=O) groups excluding carboxylic acids is 1. The van der Waals surface area contributed by atoms with Crippen LogP contribution in [-0.4, -0.2) is 24.2 Å². The number of anilines is 1. The molecular weight excluding hydrogens is 278 g/mol. The third-order valence-corrected chi connectivity index (χ3v) is 4.05. The van der Waals surface area contributed by atoms with E-state index in [1.54, 1.807) is 13.0 Å². The Morgan fingerprint density at radius 1 is 1.32 bits per heavy atom. The molecule has 0 aliphatic carbocycles. The number of nitrogens with one attached hydrogen (secondary N) is 1. The van der Waals surface area contributed by atoms with Crippen molar-refractivity contribution in [3.63, 3.8) is 0 Å². The van der Waals surface area contributed by atoms with Gasteiger partial charge in [-0.1, -0.05) is 17.3 Å². The number of benzene rings is 1. The molecule has 1 aliphatic heterocycles. The normalized spacial score (nSPS) is 15.8. The van der Waals surface area contributed by atoms with E-state index in [1.807, 2.05) is 19.1 Å². The van der Waals surface area contributed by atoms with Crippen molar-refractivity contribution in [3.05, 3.63) is 47.3 Å². The van der Waals surface area contributed by atoms with Crippen LogP contribution in [0.4, 0.5) is 5.69 Å². The molecule has 2 aromatic rings. The van der Waals surface area contributed by atoms with Gasteiger partial charge in [-0.3, -0.25) is 4.79 Å². The topological polar surface area (TPSA) is 58.4 Å². The summed E-state index contributed by atoms with van der Waals surface area (Å²) in [4.78, 5) is 14.5. The Bertz CT molecular complexity index is 659. The van der Waals surface area contributed by atoms with Crippen LogP contribution in [0.2, 0.25) is 0 Å². The Balaban J connectivity index is 1.70. The van der Waals surface area contributed by atoms with Crippen LogP contribution >= 0.6 is 0 Å². The Kier molecular flexibility index (Phi) is 4.13. The predicted octanol–water partition coefficient (Wildman–Crippen LogP) is 3.07. The summed E-state index contributed by atoms with van der Waals surface area (Å²) in [6, 6.07) is 9.94. The lowest BCUT2D eigenvalue weighted by molar-refractivity contribution is 0.0930. The molecule has 1 amide bonds. The molecule has 5 nitrogen and oxygen atoms in total. The van der Waals surface area contributed by atoms with Crippen molar-refractivity contribution < 1.29 is 9.32 Å². The largest absolute Gasteiger partial charge is 0.372 e. The summed E-state index contributed by atoms with van der Waals surface area (Å²) in [6.07, 6.45) is 2.50. The second-order valence-corrected chi connectivity index (χ2v) is 5.81. The van der Waals surface area contributed by atoms with Crippen molar-refractivity contribution in [3.8, 4) is 0 Å². The zero-order valence-electron chi connectivity index (χ0n) is 13.0. The lowest BCUT2D eigenvalue weighted by Gasteiger charge is -2.20. The summed E-state index contributed by atoms with van der Waals surface area (Å²) < 4.78 is 4.94. The van der Waals surface area contributed by atoms with E-state index in [0.717, 1.165) is 18.7 Å². The maximum Gasteiger partial charge on any atom is 0.273 e. The Morgan fingerprint density at radius 3 is 2.77 bits per heavy atom. The highest BCUT2D eigenvalue weighted by molar-refractivity contribution is 5.92. The molecule has 0 saturated carbocycles. The smallest absolute Gasteiger partial charge is 0.273 e. The quantitative estimate of drug-likeness (QED) is 0.942. The standard InChI is InChI=1S/C17H21N3O2/c1-12-10-16(19-22-12)17(21)18-13(2)14-6-5-7-15(11-14)20-8-3-4-9-20/h5-7,10-11,13H,3-4,8-9H2,1-2H3,(H,18,21)/t13-/m1/s1. The average Bonchev–Trinajstić information content (AvgIpc) is 3.18. The molecule has 0 unspecified atom stereocenters. The molecule has 1 aromatic carbocycles. The van der Waals surface area contributed by atoms with Gasteiger partial charge in [0.15, 0.2) is 5.69 Å². The molecule has 5 heteroatoms. The van der Waals surface area contributed by atoms with Gasteiger partial charge in [0.25, 0.3) is 5.91 Å². The first-order valence-electron chi connectivity index (χ1n) is 7.72. The monoisotopic (exact) mass is 299 g/mol. The van der Waals surface area contributed by atoms with Crippen LogP contribution in [0.3, 0.4) is 0 Å². The second-order valence-electron chi connectivity index (χ2n) is 5.81. The highest BCUT2D eigenvalue weighted by atomic mass is 16.5. The van der Waals surface area contributed by atoms with Gasteiger partial charge < -0.3 is 14.7 Å². The molecule has 0 radical (unpaired) electrons. The van der Waals surface area contributed by atoms with Crippen LogP contribution in [0, 0.1) is 6.92 Å². The highest BCUT2D eigenvalue weighted by Crippen LogP contribution is 2.24. The Morgan fingerprint density at radius 2 is 2.09 bits per heavy atom. The zero-order chi connectivity index (χ0) is 15.5. The second kappa shape index (κ2) is 6.22. The lowest BCUT2D eigenvalue weighted by Crippen LogP contribution is -2.27. The maximum atomic E-state index is 12.1. The summed E-state index contributed by atoms with van der Waals surface area (Å²) in [5.41, 5.74) is 2.64. The highest BCUT2D eigenvalue weighted by Gasteiger charge is 2.17. The predicted molar refractivity (Wildman–Crippen MR) is 85.0 cm³/mol. The van der Waals surface area contributed by atoms with Crippen LogP contribution in [0.1, 0.15) is 47.6 Å². The number of nitrogens with zero attached hydrogens (tertiary/aromatic N) is 2. The molecule has 0 spiro atoms. The van der Waals surface area contributed by atoms with E-state index in [9.17, 15) is 4.79 Å². The molecule has 0 bridgehead atoms. The molecule has 22 heavy (non-hydrogen) atoms. The number of carbonyl (C=O) groups is 1. The zero-order valence-corrected chi connectivity index (χ0v) is 13.0. The first-order valence-corrected chi connectivity index (χ1v) is 7.72. The summed E-state index contributed by atoms with van der Waals surface area (Å²) in [5.74, 6) is 0.421. The van der Waals surface area contributed by atoms with E-state index in [0.29, 0.717) is 11.5 Å². The lowest BCUT2D eigenvalue weighted by atomic mass is 10.1. The van der Waals surface area contributed by atoms with Crippen LogP contribution in [0.5, 0.6) is 0 Å². The van der Waals surface area contributed by atoms with Crippen LogP contribution in [-0.2, 0) is 0 Å². The molecule has 1 atom stereocenters. The fraction of sp³-hybridized carbons (Fsp3) is 0.412. The number of amides is 1. The fourth-order valence-electron chi connectivity index (χ4n) is 2.79. The van der Waals surface area contributed by atoms with Gasteiger partial charge in [-0.25, -0.2) is 0 Å². The maximum absolute atomic E-state index is 12.1. The van der Waals surface area contributed by atoms with Gasteiger partial charge in [0.1, 0.15) is 5.76 Å². The van der Waals surface area contributed by atoms with Gasteiger partial charge in [-0.15, -0.1) is 0 Å². The molecule has 1 saturated heterocycles. The summed E-state index contributed by atoms with van der Waals surface area (Å²) in [6.45, 7) is 5.98. The van der Waals surface area contributed by atoms with E-state index < -0.39 is 0 Å². The molecule has 1 aromatic heterocycles.